The van der Waals surface area contributed by atoms with Gasteiger partial charge in [0.2, 0.25) is 0 Å². The fourth-order valence-corrected chi connectivity index (χ4v) is 3.26. The van der Waals surface area contributed by atoms with E-state index in [1.54, 1.807) is 0 Å². The lowest BCUT2D eigenvalue weighted by Crippen LogP contribution is -2.21. The molecule has 108 valence electrons. The van der Waals surface area contributed by atoms with Crippen LogP contribution in [0.2, 0.25) is 0 Å². The SMILES string of the molecule is CC(C)NCc1cn(CC2CCCC2)c2ncccc12. The van der Waals surface area contributed by atoms with E-state index in [1.165, 1.54) is 36.6 Å². The van der Waals surface area contributed by atoms with Crippen molar-refractivity contribution in [1.82, 2.24) is 14.9 Å². The molecule has 0 spiro atoms. The lowest BCUT2D eigenvalue weighted by atomic mass is 10.1. The van der Waals surface area contributed by atoms with Crippen LogP contribution in [0.25, 0.3) is 11.0 Å². The molecule has 1 aliphatic rings. The number of nitrogens with zero attached hydrogens (tertiary/aromatic N) is 2. The number of hydrogen-bond acceptors (Lipinski definition) is 2. The summed E-state index contributed by atoms with van der Waals surface area (Å²) < 4.78 is 2.38. The standard InChI is InChI=1S/C17H25N3/c1-13(2)19-10-15-12-20(11-14-6-3-4-7-14)17-16(15)8-5-9-18-17/h5,8-9,12-14,19H,3-4,6-7,10-11H2,1-2H3. The zero-order valence-corrected chi connectivity index (χ0v) is 12.6. The molecule has 0 bridgehead atoms. The highest BCUT2D eigenvalue weighted by Crippen LogP contribution is 2.28. The van der Waals surface area contributed by atoms with Crippen LogP contribution in [-0.4, -0.2) is 15.6 Å². The first-order valence-corrected chi connectivity index (χ1v) is 7.90. The van der Waals surface area contributed by atoms with Gasteiger partial charge in [0.1, 0.15) is 5.65 Å². The predicted molar refractivity (Wildman–Crippen MR) is 83.7 cm³/mol. The predicted octanol–water partition coefficient (Wildman–Crippen LogP) is 3.72. The van der Waals surface area contributed by atoms with Crippen LogP contribution in [-0.2, 0) is 13.1 Å². The van der Waals surface area contributed by atoms with Crippen molar-refractivity contribution >= 4 is 11.0 Å². The van der Waals surface area contributed by atoms with Gasteiger partial charge in [0.15, 0.2) is 0 Å². The smallest absolute Gasteiger partial charge is 0.140 e. The Morgan fingerprint density at radius 3 is 2.90 bits per heavy atom. The van der Waals surface area contributed by atoms with Gasteiger partial charge in [0.25, 0.3) is 0 Å². The van der Waals surface area contributed by atoms with Gasteiger partial charge in [-0.2, -0.15) is 0 Å². The summed E-state index contributed by atoms with van der Waals surface area (Å²) >= 11 is 0. The Morgan fingerprint density at radius 1 is 1.35 bits per heavy atom. The van der Waals surface area contributed by atoms with Crippen molar-refractivity contribution in [2.24, 2.45) is 5.92 Å². The number of nitrogens with one attached hydrogen (secondary N) is 1. The van der Waals surface area contributed by atoms with Crippen molar-refractivity contribution in [2.75, 3.05) is 0 Å². The third-order valence-corrected chi connectivity index (χ3v) is 4.35. The van der Waals surface area contributed by atoms with E-state index in [-0.39, 0.29) is 0 Å². The molecule has 1 saturated carbocycles. The molecule has 2 heterocycles. The number of fused-ring (bicyclic) bond motifs is 1. The normalized spacial score (nSPS) is 16.6. The molecule has 0 amide bonds. The zero-order chi connectivity index (χ0) is 13.9. The molecule has 3 heteroatoms. The second kappa shape index (κ2) is 5.96. The number of pyridine rings is 1. The van der Waals surface area contributed by atoms with Crippen molar-refractivity contribution in [2.45, 2.75) is 58.7 Å². The molecule has 3 nitrogen and oxygen atoms in total. The molecular weight excluding hydrogens is 246 g/mol. The van der Waals surface area contributed by atoms with Crippen LogP contribution in [0.4, 0.5) is 0 Å². The van der Waals surface area contributed by atoms with Crippen LogP contribution >= 0.6 is 0 Å². The van der Waals surface area contributed by atoms with Gasteiger partial charge in [-0.15, -0.1) is 0 Å². The van der Waals surface area contributed by atoms with E-state index < -0.39 is 0 Å². The number of hydrogen-bond donors (Lipinski definition) is 1. The molecule has 1 N–H and O–H groups in total. The van der Waals surface area contributed by atoms with E-state index in [2.05, 4.69) is 41.0 Å². The maximum absolute atomic E-state index is 4.61. The summed E-state index contributed by atoms with van der Waals surface area (Å²) in [5.41, 5.74) is 2.53. The Morgan fingerprint density at radius 2 is 2.15 bits per heavy atom. The van der Waals surface area contributed by atoms with Crippen molar-refractivity contribution in [3.05, 3.63) is 30.1 Å². The van der Waals surface area contributed by atoms with E-state index >= 15 is 0 Å². The van der Waals surface area contributed by atoms with Gasteiger partial charge < -0.3 is 9.88 Å². The maximum atomic E-state index is 4.61. The van der Waals surface area contributed by atoms with Crippen molar-refractivity contribution < 1.29 is 0 Å². The molecule has 0 unspecified atom stereocenters. The topological polar surface area (TPSA) is 29.9 Å². The van der Waals surface area contributed by atoms with Gasteiger partial charge in [-0.1, -0.05) is 26.7 Å². The molecule has 2 aromatic heterocycles. The summed E-state index contributed by atoms with van der Waals surface area (Å²) in [6.07, 6.45) is 9.79. The molecule has 1 fully saturated rings. The Kier molecular flexibility index (Phi) is 4.06. The van der Waals surface area contributed by atoms with Crippen LogP contribution in [0.15, 0.2) is 24.5 Å². The fraction of sp³-hybridized carbons (Fsp3) is 0.588. The van der Waals surface area contributed by atoms with E-state index in [0.717, 1.165) is 24.7 Å². The highest BCUT2D eigenvalue weighted by atomic mass is 15.0. The lowest BCUT2D eigenvalue weighted by Gasteiger charge is -2.10. The molecule has 1 aliphatic carbocycles. The van der Waals surface area contributed by atoms with Gasteiger partial charge in [-0.05, 0) is 36.5 Å². The summed E-state index contributed by atoms with van der Waals surface area (Å²) in [4.78, 5) is 4.61. The minimum atomic E-state index is 0.514. The highest BCUT2D eigenvalue weighted by molar-refractivity contribution is 5.80. The van der Waals surface area contributed by atoms with Gasteiger partial charge >= 0.3 is 0 Å². The summed E-state index contributed by atoms with van der Waals surface area (Å²) in [6, 6.07) is 4.76. The summed E-state index contributed by atoms with van der Waals surface area (Å²) in [5.74, 6) is 0.846. The quantitative estimate of drug-likeness (QED) is 0.898. The molecule has 2 aromatic rings. The number of rotatable bonds is 5. The molecule has 3 rings (SSSR count). The van der Waals surface area contributed by atoms with Crippen LogP contribution < -0.4 is 5.32 Å². The van der Waals surface area contributed by atoms with E-state index in [1.807, 2.05) is 12.3 Å². The van der Waals surface area contributed by atoms with Crippen LogP contribution in [0.1, 0.15) is 45.1 Å². The molecular formula is C17H25N3. The third-order valence-electron chi connectivity index (χ3n) is 4.35. The lowest BCUT2D eigenvalue weighted by molar-refractivity contribution is 0.463. The fourth-order valence-electron chi connectivity index (χ4n) is 3.26. The molecule has 0 aliphatic heterocycles. The van der Waals surface area contributed by atoms with Gasteiger partial charge in [-0.3, -0.25) is 0 Å². The van der Waals surface area contributed by atoms with Gasteiger partial charge in [0, 0.05) is 36.9 Å². The Labute approximate surface area is 121 Å². The van der Waals surface area contributed by atoms with E-state index in [4.69, 9.17) is 0 Å². The zero-order valence-electron chi connectivity index (χ0n) is 12.6. The molecule has 0 saturated heterocycles. The second-order valence-electron chi connectivity index (χ2n) is 6.37. The van der Waals surface area contributed by atoms with Crippen molar-refractivity contribution in [3.63, 3.8) is 0 Å². The minimum Gasteiger partial charge on any atom is -0.332 e. The summed E-state index contributed by atoms with van der Waals surface area (Å²) in [5, 5.41) is 4.82. The second-order valence-corrected chi connectivity index (χ2v) is 6.37. The molecule has 0 aromatic carbocycles. The Balaban J connectivity index is 1.87. The summed E-state index contributed by atoms with van der Waals surface area (Å²) in [6.45, 7) is 6.44. The Bertz CT molecular complexity index is 565. The van der Waals surface area contributed by atoms with Crippen LogP contribution in [0, 0.1) is 5.92 Å². The first kappa shape index (κ1) is 13.6. The number of aromatic nitrogens is 2. The van der Waals surface area contributed by atoms with Crippen LogP contribution in [0.3, 0.4) is 0 Å². The third kappa shape index (κ3) is 2.88. The minimum absolute atomic E-state index is 0.514. The monoisotopic (exact) mass is 271 g/mol. The average Bonchev–Trinajstić information content (AvgIpc) is 3.06. The first-order valence-electron chi connectivity index (χ1n) is 7.90. The van der Waals surface area contributed by atoms with Crippen molar-refractivity contribution in [1.29, 1.82) is 0 Å². The average molecular weight is 271 g/mol. The summed E-state index contributed by atoms with van der Waals surface area (Å²) in [7, 11) is 0. The molecule has 20 heavy (non-hydrogen) atoms. The largest absolute Gasteiger partial charge is 0.332 e. The van der Waals surface area contributed by atoms with E-state index in [9.17, 15) is 0 Å². The Hall–Kier alpha value is -1.35. The first-order chi connectivity index (χ1) is 9.74. The van der Waals surface area contributed by atoms with Gasteiger partial charge in [0.05, 0.1) is 0 Å². The van der Waals surface area contributed by atoms with E-state index in [0.29, 0.717) is 6.04 Å². The molecule has 0 atom stereocenters. The van der Waals surface area contributed by atoms with Crippen molar-refractivity contribution in [3.8, 4) is 0 Å². The highest BCUT2D eigenvalue weighted by Gasteiger charge is 2.17. The molecule has 0 radical (unpaired) electrons. The van der Waals surface area contributed by atoms with Gasteiger partial charge in [-0.25, -0.2) is 4.98 Å². The van der Waals surface area contributed by atoms with Crippen LogP contribution in [0.5, 0.6) is 0 Å². The maximum Gasteiger partial charge on any atom is 0.140 e.